The number of amides is 1. The summed E-state index contributed by atoms with van der Waals surface area (Å²) in [6.07, 6.45) is 3.79. The molecule has 0 aliphatic carbocycles. The average Bonchev–Trinajstić information content (AvgIpc) is 3.45. The van der Waals surface area contributed by atoms with E-state index in [1.165, 1.54) is 0 Å². The van der Waals surface area contributed by atoms with E-state index in [-0.39, 0.29) is 12.0 Å². The molecule has 3 aromatic rings. The third-order valence-electron chi connectivity index (χ3n) is 5.37. The van der Waals surface area contributed by atoms with Gasteiger partial charge < -0.3 is 19.5 Å². The number of pyridine rings is 1. The summed E-state index contributed by atoms with van der Waals surface area (Å²) in [7, 11) is 1.60. The number of aryl methyl sites for hydroxylation is 2. The van der Waals surface area contributed by atoms with Gasteiger partial charge in [0.05, 0.1) is 24.5 Å². The van der Waals surface area contributed by atoms with Crippen LogP contribution in [-0.4, -0.2) is 47.1 Å². The van der Waals surface area contributed by atoms with Crippen LogP contribution in [0.4, 0.5) is 0 Å². The second-order valence-corrected chi connectivity index (χ2v) is 7.86. The molecule has 168 valence electrons. The van der Waals surface area contributed by atoms with Crippen LogP contribution in [-0.2, 0) is 11.3 Å². The first-order valence-electron chi connectivity index (χ1n) is 10.7. The molecule has 1 aromatic carbocycles. The van der Waals surface area contributed by atoms with Crippen molar-refractivity contribution in [3.05, 3.63) is 65.1 Å². The zero-order chi connectivity index (χ0) is 22.5. The van der Waals surface area contributed by atoms with Crippen molar-refractivity contribution in [2.45, 2.75) is 39.3 Å². The molecule has 1 N–H and O–H groups in total. The van der Waals surface area contributed by atoms with Crippen molar-refractivity contribution in [3.63, 3.8) is 0 Å². The zero-order valence-corrected chi connectivity index (χ0v) is 18.6. The minimum Gasteiger partial charge on any atom is -0.493 e. The van der Waals surface area contributed by atoms with Crippen molar-refractivity contribution >= 4 is 5.91 Å². The molecule has 0 bridgehead atoms. The molecule has 2 aromatic heterocycles. The Hall–Kier alpha value is -3.39. The number of carbonyl (C=O) groups is 1. The van der Waals surface area contributed by atoms with Gasteiger partial charge in [-0.3, -0.25) is 4.79 Å². The predicted octanol–water partition coefficient (Wildman–Crippen LogP) is 3.38. The van der Waals surface area contributed by atoms with E-state index in [1.807, 2.05) is 38.1 Å². The molecule has 1 amide bonds. The van der Waals surface area contributed by atoms with Crippen molar-refractivity contribution in [3.8, 4) is 17.3 Å². The number of methoxy groups -OCH3 is 1. The first-order chi connectivity index (χ1) is 15.5. The predicted molar refractivity (Wildman–Crippen MR) is 119 cm³/mol. The average molecular weight is 437 g/mol. The van der Waals surface area contributed by atoms with Gasteiger partial charge in [-0.1, -0.05) is 6.07 Å². The standard InChI is InChI=1S/C24H28N4O4/c1-16-11-17(2)28(27-16)23-9-7-19(14-25-23)24(29)26-13-18-6-8-21(22(12-18)30-3)32-15-20-5-4-10-31-20/h6-9,11-12,14,20H,4-5,10,13,15H2,1-3H3,(H,26,29). The lowest BCUT2D eigenvalue weighted by atomic mass is 10.2. The maximum Gasteiger partial charge on any atom is 0.253 e. The van der Waals surface area contributed by atoms with Gasteiger partial charge in [-0.25, -0.2) is 9.67 Å². The van der Waals surface area contributed by atoms with Gasteiger partial charge in [0.25, 0.3) is 5.91 Å². The smallest absolute Gasteiger partial charge is 0.253 e. The molecular formula is C24H28N4O4. The number of aromatic nitrogens is 3. The van der Waals surface area contributed by atoms with Crippen LogP contribution in [0.25, 0.3) is 5.82 Å². The summed E-state index contributed by atoms with van der Waals surface area (Å²) >= 11 is 0. The van der Waals surface area contributed by atoms with Gasteiger partial charge in [-0.2, -0.15) is 5.10 Å². The Kier molecular flexibility index (Phi) is 6.70. The van der Waals surface area contributed by atoms with Gasteiger partial charge in [-0.05, 0) is 62.6 Å². The molecule has 0 spiro atoms. The molecule has 1 aliphatic rings. The van der Waals surface area contributed by atoms with Crippen LogP contribution >= 0.6 is 0 Å². The van der Waals surface area contributed by atoms with Gasteiger partial charge in [0.15, 0.2) is 17.3 Å². The fourth-order valence-corrected chi connectivity index (χ4v) is 3.69. The van der Waals surface area contributed by atoms with Crippen molar-refractivity contribution < 1.29 is 19.0 Å². The first kappa shape index (κ1) is 21.8. The molecule has 1 unspecified atom stereocenters. The van der Waals surface area contributed by atoms with Gasteiger partial charge in [-0.15, -0.1) is 0 Å². The Morgan fingerprint density at radius 2 is 2.09 bits per heavy atom. The van der Waals surface area contributed by atoms with Gasteiger partial charge >= 0.3 is 0 Å². The normalized spacial score (nSPS) is 15.5. The van der Waals surface area contributed by atoms with Crippen LogP contribution < -0.4 is 14.8 Å². The molecule has 32 heavy (non-hydrogen) atoms. The molecule has 3 heterocycles. The van der Waals surface area contributed by atoms with Crippen molar-refractivity contribution in [2.75, 3.05) is 20.3 Å². The fraction of sp³-hybridized carbons (Fsp3) is 0.375. The van der Waals surface area contributed by atoms with Crippen LogP contribution in [0.15, 0.2) is 42.6 Å². The number of hydrogen-bond donors (Lipinski definition) is 1. The SMILES string of the molecule is COc1cc(CNC(=O)c2ccc(-n3nc(C)cc3C)nc2)ccc1OCC1CCCO1. The first-order valence-corrected chi connectivity index (χ1v) is 10.7. The molecular weight excluding hydrogens is 408 g/mol. The summed E-state index contributed by atoms with van der Waals surface area (Å²) in [5.41, 5.74) is 3.31. The lowest BCUT2D eigenvalue weighted by Gasteiger charge is -2.15. The zero-order valence-electron chi connectivity index (χ0n) is 18.6. The number of nitrogens with one attached hydrogen (secondary N) is 1. The lowest BCUT2D eigenvalue weighted by Crippen LogP contribution is -2.23. The molecule has 4 rings (SSSR count). The number of carbonyl (C=O) groups excluding carboxylic acids is 1. The molecule has 0 radical (unpaired) electrons. The van der Waals surface area contributed by atoms with Gasteiger partial charge in [0.2, 0.25) is 0 Å². The Morgan fingerprint density at radius 1 is 1.22 bits per heavy atom. The number of ether oxygens (including phenoxy) is 3. The van der Waals surface area contributed by atoms with Crippen LogP contribution in [0.2, 0.25) is 0 Å². The molecule has 1 saturated heterocycles. The summed E-state index contributed by atoms with van der Waals surface area (Å²) in [6, 6.07) is 11.2. The highest BCUT2D eigenvalue weighted by atomic mass is 16.5. The number of nitrogens with zero attached hydrogens (tertiary/aromatic N) is 3. The van der Waals surface area contributed by atoms with E-state index in [1.54, 1.807) is 30.1 Å². The van der Waals surface area contributed by atoms with E-state index in [0.717, 1.165) is 36.4 Å². The van der Waals surface area contributed by atoms with Crippen LogP contribution in [0.1, 0.15) is 40.2 Å². The minimum absolute atomic E-state index is 0.139. The monoisotopic (exact) mass is 436 g/mol. The Balaban J connectivity index is 1.35. The topological polar surface area (TPSA) is 87.5 Å². The summed E-state index contributed by atoms with van der Waals surface area (Å²) < 4.78 is 18.7. The molecule has 1 fully saturated rings. The maximum absolute atomic E-state index is 12.6. The second-order valence-electron chi connectivity index (χ2n) is 7.86. The fourth-order valence-electron chi connectivity index (χ4n) is 3.69. The molecule has 1 aliphatic heterocycles. The van der Waals surface area contributed by atoms with Gasteiger partial charge in [0, 0.05) is 25.0 Å². The summed E-state index contributed by atoms with van der Waals surface area (Å²) in [5, 5.41) is 7.33. The highest BCUT2D eigenvalue weighted by molar-refractivity contribution is 5.93. The Morgan fingerprint density at radius 3 is 2.75 bits per heavy atom. The van der Waals surface area contributed by atoms with Crippen molar-refractivity contribution in [1.82, 2.24) is 20.1 Å². The number of rotatable bonds is 8. The summed E-state index contributed by atoms with van der Waals surface area (Å²) in [6.45, 7) is 5.57. The molecule has 8 nitrogen and oxygen atoms in total. The quantitative estimate of drug-likeness (QED) is 0.583. The number of hydrogen-bond acceptors (Lipinski definition) is 6. The summed E-state index contributed by atoms with van der Waals surface area (Å²) in [4.78, 5) is 16.9. The molecule has 1 atom stereocenters. The van der Waals surface area contributed by atoms with Crippen LogP contribution in [0.3, 0.4) is 0 Å². The van der Waals surface area contributed by atoms with E-state index in [9.17, 15) is 4.79 Å². The molecule has 8 heteroatoms. The molecule has 0 saturated carbocycles. The lowest BCUT2D eigenvalue weighted by molar-refractivity contribution is 0.0669. The van der Waals surface area contributed by atoms with E-state index in [2.05, 4.69) is 15.4 Å². The van der Waals surface area contributed by atoms with E-state index < -0.39 is 0 Å². The highest BCUT2D eigenvalue weighted by Gasteiger charge is 2.17. The van der Waals surface area contributed by atoms with Crippen molar-refractivity contribution in [1.29, 1.82) is 0 Å². The van der Waals surface area contributed by atoms with E-state index in [0.29, 0.717) is 36.0 Å². The Labute approximate surface area is 187 Å². The van der Waals surface area contributed by atoms with Crippen LogP contribution in [0.5, 0.6) is 11.5 Å². The maximum atomic E-state index is 12.6. The second kappa shape index (κ2) is 9.82. The van der Waals surface area contributed by atoms with E-state index >= 15 is 0 Å². The third kappa shape index (κ3) is 5.08. The third-order valence-corrected chi connectivity index (χ3v) is 5.37. The largest absolute Gasteiger partial charge is 0.493 e. The minimum atomic E-state index is -0.199. The van der Waals surface area contributed by atoms with E-state index in [4.69, 9.17) is 14.2 Å². The number of benzene rings is 1. The van der Waals surface area contributed by atoms with Gasteiger partial charge in [0.1, 0.15) is 6.61 Å². The highest BCUT2D eigenvalue weighted by Crippen LogP contribution is 2.29. The van der Waals surface area contributed by atoms with Crippen molar-refractivity contribution in [2.24, 2.45) is 0 Å². The Bertz CT molecular complexity index is 1070. The van der Waals surface area contributed by atoms with Crippen LogP contribution in [0, 0.1) is 13.8 Å². The summed E-state index contributed by atoms with van der Waals surface area (Å²) in [5.74, 6) is 1.78.